The lowest BCUT2D eigenvalue weighted by atomic mass is 10.5. The van der Waals surface area contributed by atoms with Crippen molar-refractivity contribution >= 4 is 26.5 Å². The van der Waals surface area contributed by atoms with E-state index in [2.05, 4.69) is 9.36 Å². The van der Waals surface area contributed by atoms with Crippen LogP contribution in [0, 0.1) is 0 Å². The van der Waals surface area contributed by atoms with E-state index in [-0.39, 0.29) is 5.16 Å². The summed E-state index contributed by atoms with van der Waals surface area (Å²) in [5.74, 6) is 0. The van der Waals surface area contributed by atoms with E-state index in [1.54, 1.807) is 0 Å². The third-order valence-corrected chi connectivity index (χ3v) is 3.75. The van der Waals surface area contributed by atoms with Gasteiger partial charge in [-0.1, -0.05) is 0 Å². The number of nitrogens with zero attached hydrogens (tertiary/aromatic N) is 3. The van der Waals surface area contributed by atoms with Gasteiger partial charge in [0.15, 0.2) is 0 Å². The molecule has 84 valence electrons. The Kier molecular flexibility index (Phi) is 2.89. The number of morpholine rings is 1. The van der Waals surface area contributed by atoms with Crippen LogP contribution in [0.4, 0.5) is 5.13 Å². The summed E-state index contributed by atoms with van der Waals surface area (Å²) in [5.41, 5.74) is 0. The molecular weight excluding hydrogens is 238 g/mol. The average Bonchev–Trinajstić information content (AvgIpc) is 2.67. The van der Waals surface area contributed by atoms with Crippen LogP contribution < -0.4 is 4.90 Å². The largest absolute Gasteiger partial charge is 0.378 e. The molecule has 1 saturated heterocycles. The third-order valence-electron chi connectivity index (χ3n) is 2.01. The van der Waals surface area contributed by atoms with Gasteiger partial charge in [0.2, 0.25) is 15.0 Å². The van der Waals surface area contributed by atoms with E-state index in [4.69, 9.17) is 4.74 Å². The van der Waals surface area contributed by atoms with Gasteiger partial charge in [-0.05, 0) is 0 Å². The molecule has 0 bridgehead atoms. The number of aromatic nitrogens is 2. The first kappa shape index (κ1) is 10.8. The molecule has 0 N–H and O–H groups in total. The molecule has 1 aliphatic rings. The molecule has 2 heterocycles. The Morgan fingerprint density at radius 2 is 2.07 bits per heavy atom. The number of rotatable bonds is 2. The molecule has 0 unspecified atom stereocenters. The Morgan fingerprint density at radius 3 is 2.60 bits per heavy atom. The molecule has 0 radical (unpaired) electrons. The van der Waals surface area contributed by atoms with E-state index in [1.807, 2.05) is 4.90 Å². The predicted molar refractivity (Wildman–Crippen MR) is 56.1 cm³/mol. The Bertz CT molecular complexity index is 436. The van der Waals surface area contributed by atoms with E-state index in [1.165, 1.54) is 0 Å². The Hall–Kier alpha value is -0.730. The van der Waals surface area contributed by atoms with Crippen molar-refractivity contribution in [3.63, 3.8) is 0 Å². The maximum Gasteiger partial charge on any atom is 0.260 e. The second kappa shape index (κ2) is 4.03. The molecule has 0 amide bonds. The van der Waals surface area contributed by atoms with Gasteiger partial charge < -0.3 is 9.64 Å². The maximum atomic E-state index is 11.2. The van der Waals surface area contributed by atoms with E-state index in [0.29, 0.717) is 18.3 Å². The van der Waals surface area contributed by atoms with Gasteiger partial charge in [0.1, 0.15) is 0 Å². The average molecular weight is 249 g/mol. The quantitative estimate of drug-likeness (QED) is 0.721. The minimum atomic E-state index is -3.29. The number of ether oxygens (including phenoxy) is 1. The molecule has 1 aliphatic heterocycles. The Balaban J connectivity index is 2.19. The van der Waals surface area contributed by atoms with E-state index in [0.717, 1.165) is 30.9 Å². The smallest absolute Gasteiger partial charge is 0.260 e. The molecule has 15 heavy (non-hydrogen) atoms. The molecule has 1 aromatic heterocycles. The number of hydrogen-bond donors (Lipinski definition) is 0. The first-order valence-corrected chi connectivity index (χ1v) is 7.10. The predicted octanol–water partition coefficient (Wildman–Crippen LogP) is -0.222. The van der Waals surface area contributed by atoms with Crippen LogP contribution in [0.3, 0.4) is 0 Å². The summed E-state index contributed by atoms with van der Waals surface area (Å²) in [6.45, 7) is 2.76. The zero-order chi connectivity index (χ0) is 10.9. The topological polar surface area (TPSA) is 72.4 Å². The van der Waals surface area contributed by atoms with Gasteiger partial charge >= 0.3 is 0 Å². The van der Waals surface area contributed by atoms with Crippen molar-refractivity contribution in [2.24, 2.45) is 0 Å². The van der Waals surface area contributed by atoms with Gasteiger partial charge in [0.25, 0.3) is 5.16 Å². The van der Waals surface area contributed by atoms with E-state index >= 15 is 0 Å². The van der Waals surface area contributed by atoms with Crippen molar-refractivity contribution in [1.29, 1.82) is 0 Å². The summed E-state index contributed by atoms with van der Waals surface area (Å²) in [6.07, 6.45) is 1.11. The van der Waals surface area contributed by atoms with Crippen molar-refractivity contribution in [2.75, 3.05) is 37.5 Å². The second-order valence-corrected chi connectivity index (χ2v) is 5.87. The highest BCUT2D eigenvalue weighted by Gasteiger charge is 2.19. The summed E-state index contributed by atoms with van der Waals surface area (Å²) < 4.78 is 31.3. The van der Waals surface area contributed by atoms with E-state index < -0.39 is 9.84 Å². The highest BCUT2D eigenvalue weighted by molar-refractivity contribution is 7.90. The highest BCUT2D eigenvalue weighted by Crippen LogP contribution is 2.20. The van der Waals surface area contributed by atoms with Crippen LogP contribution in [0.25, 0.3) is 0 Å². The monoisotopic (exact) mass is 249 g/mol. The van der Waals surface area contributed by atoms with Crippen LogP contribution in [0.15, 0.2) is 5.16 Å². The molecule has 0 spiro atoms. The van der Waals surface area contributed by atoms with Crippen LogP contribution in [0.1, 0.15) is 0 Å². The van der Waals surface area contributed by atoms with Crippen molar-refractivity contribution < 1.29 is 13.2 Å². The van der Waals surface area contributed by atoms with Crippen molar-refractivity contribution in [1.82, 2.24) is 9.36 Å². The summed E-state index contributed by atoms with van der Waals surface area (Å²) in [5, 5.41) is 0.563. The fourth-order valence-electron chi connectivity index (χ4n) is 1.24. The standard InChI is InChI=1S/C7H11N3O3S2/c1-15(11,12)6-8-7(14-9-6)10-2-4-13-5-3-10/h2-5H2,1H3. The minimum absolute atomic E-state index is 0.0889. The normalized spacial score (nSPS) is 18.1. The lowest BCUT2D eigenvalue weighted by Gasteiger charge is -2.25. The fourth-order valence-corrected chi connectivity index (χ4v) is 2.83. The molecule has 1 aromatic rings. The van der Waals surface area contributed by atoms with Crippen LogP contribution in [-0.2, 0) is 14.6 Å². The summed E-state index contributed by atoms with van der Waals surface area (Å²) >= 11 is 1.11. The summed E-state index contributed by atoms with van der Waals surface area (Å²) in [7, 11) is -3.29. The van der Waals surface area contributed by atoms with Crippen LogP contribution in [0.2, 0.25) is 0 Å². The maximum absolute atomic E-state index is 11.2. The zero-order valence-electron chi connectivity index (χ0n) is 8.21. The molecule has 2 rings (SSSR count). The van der Waals surface area contributed by atoms with Gasteiger partial charge in [0.05, 0.1) is 13.2 Å². The lowest BCUT2D eigenvalue weighted by molar-refractivity contribution is 0.122. The first-order valence-electron chi connectivity index (χ1n) is 4.44. The van der Waals surface area contributed by atoms with Gasteiger partial charge in [-0.25, -0.2) is 8.42 Å². The van der Waals surface area contributed by atoms with E-state index in [9.17, 15) is 8.42 Å². The molecule has 6 nitrogen and oxygen atoms in total. The molecule has 0 atom stereocenters. The first-order chi connectivity index (χ1) is 7.07. The number of anilines is 1. The van der Waals surface area contributed by atoms with Crippen LogP contribution in [-0.4, -0.2) is 50.3 Å². The second-order valence-electron chi connectivity index (χ2n) is 3.23. The van der Waals surface area contributed by atoms with Crippen molar-refractivity contribution in [3.05, 3.63) is 0 Å². The minimum Gasteiger partial charge on any atom is -0.378 e. The van der Waals surface area contributed by atoms with Crippen LogP contribution in [0.5, 0.6) is 0 Å². The summed E-state index contributed by atoms with van der Waals surface area (Å²) in [4.78, 5) is 5.98. The molecule has 0 saturated carbocycles. The van der Waals surface area contributed by atoms with Crippen molar-refractivity contribution in [2.45, 2.75) is 5.16 Å². The van der Waals surface area contributed by atoms with Gasteiger partial charge in [-0.3, -0.25) is 0 Å². The molecule has 1 fully saturated rings. The molecular formula is C7H11N3O3S2. The number of hydrogen-bond acceptors (Lipinski definition) is 7. The molecule has 0 aromatic carbocycles. The van der Waals surface area contributed by atoms with Gasteiger partial charge in [0, 0.05) is 30.9 Å². The van der Waals surface area contributed by atoms with Gasteiger partial charge in [-0.15, -0.1) is 0 Å². The van der Waals surface area contributed by atoms with Crippen molar-refractivity contribution in [3.8, 4) is 0 Å². The number of sulfone groups is 1. The summed E-state index contributed by atoms with van der Waals surface area (Å²) in [6, 6.07) is 0. The SMILES string of the molecule is CS(=O)(=O)c1nsc(N2CCOCC2)n1. The lowest BCUT2D eigenvalue weighted by Crippen LogP contribution is -2.36. The third kappa shape index (κ3) is 2.44. The molecule has 8 heteroatoms. The van der Waals surface area contributed by atoms with Gasteiger partial charge in [-0.2, -0.15) is 9.36 Å². The Labute approximate surface area is 92.0 Å². The Morgan fingerprint density at radius 1 is 1.40 bits per heavy atom. The van der Waals surface area contributed by atoms with Crippen LogP contribution >= 0.6 is 11.5 Å². The molecule has 0 aliphatic carbocycles. The fraction of sp³-hybridized carbons (Fsp3) is 0.714. The zero-order valence-corrected chi connectivity index (χ0v) is 9.84. The highest BCUT2D eigenvalue weighted by atomic mass is 32.2.